The van der Waals surface area contributed by atoms with Crippen LogP contribution in [0.25, 0.3) is 0 Å². The van der Waals surface area contributed by atoms with Crippen molar-refractivity contribution in [2.75, 3.05) is 13.2 Å². The first kappa shape index (κ1) is 29.6. The third-order valence-corrected chi connectivity index (χ3v) is 12.0. The molecule has 0 aromatic carbocycles. The van der Waals surface area contributed by atoms with Gasteiger partial charge < -0.3 is 14.6 Å². The van der Waals surface area contributed by atoms with Gasteiger partial charge in [0.25, 0.3) is 0 Å². The second-order valence-corrected chi connectivity index (χ2v) is 15.9. The molecule has 4 saturated carbocycles. The maximum Gasteiger partial charge on any atom is 0.178 e. The molecule has 0 heterocycles. The zero-order valence-corrected chi connectivity index (χ0v) is 25.7. The monoisotopic (exact) mass is 516 g/mol. The molecular weight excluding hydrogens is 456 g/mol. The zero-order valence-electron chi connectivity index (χ0n) is 25.7. The molecule has 3 heteroatoms. The fourth-order valence-corrected chi connectivity index (χ4v) is 9.05. The molecule has 4 atom stereocenters. The molecule has 0 aromatic rings. The minimum atomic E-state index is -0.839. The van der Waals surface area contributed by atoms with Crippen LogP contribution in [-0.2, 0) is 9.47 Å². The van der Waals surface area contributed by atoms with Crippen molar-refractivity contribution in [3.8, 4) is 0 Å². The lowest BCUT2D eigenvalue weighted by Crippen LogP contribution is -2.58. The molecule has 214 valence electrons. The number of ether oxygens (including phenoxy) is 2. The van der Waals surface area contributed by atoms with Crippen LogP contribution >= 0.6 is 0 Å². The van der Waals surface area contributed by atoms with Gasteiger partial charge in [-0.15, -0.1) is 0 Å². The van der Waals surface area contributed by atoms with Crippen molar-refractivity contribution in [2.45, 2.75) is 138 Å². The summed E-state index contributed by atoms with van der Waals surface area (Å²) in [7, 11) is 0. The van der Waals surface area contributed by atoms with Crippen molar-refractivity contribution in [1.82, 2.24) is 0 Å². The topological polar surface area (TPSA) is 38.7 Å². The first-order chi connectivity index (χ1) is 17.3. The van der Waals surface area contributed by atoms with Crippen molar-refractivity contribution in [2.24, 2.45) is 51.8 Å². The Labute approximate surface area is 229 Å². The van der Waals surface area contributed by atoms with Crippen LogP contribution in [0.3, 0.4) is 0 Å². The number of aliphatic hydroxyl groups excluding tert-OH is 1. The van der Waals surface area contributed by atoms with Crippen molar-refractivity contribution < 1.29 is 14.6 Å². The second-order valence-electron chi connectivity index (χ2n) is 15.9. The van der Waals surface area contributed by atoms with Gasteiger partial charge in [-0.05, 0) is 117 Å². The van der Waals surface area contributed by atoms with Crippen molar-refractivity contribution >= 4 is 0 Å². The zero-order chi connectivity index (χ0) is 27.1. The third-order valence-electron chi connectivity index (χ3n) is 12.0. The number of allylic oxidation sites excluding steroid dienone is 1. The van der Waals surface area contributed by atoms with Gasteiger partial charge in [0, 0.05) is 5.92 Å². The van der Waals surface area contributed by atoms with E-state index in [1.54, 1.807) is 0 Å². The maximum atomic E-state index is 10.8. The third kappa shape index (κ3) is 6.68. The summed E-state index contributed by atoms with van der Waals surface area (Å²) in [5.41, 5.74) is 0.705. The number of rotatable bonds is 13. The van der Waals surface area contributed by atoms with Gasteiger partial charge in [0.15, 0.2) is 6.29 Å². The number of aliphatic hydroxyl groups is 1. The van der Waals surface area contributed by atoms with Crippen molar-refractivity contribution in [3.05, 3.63) is 12.2 Å². The lowest BCUT2D eigenvalue weighted by atomic mass is 9.46. The number of hydrogen-bond donors (Lipinski definition) is 1. The maximum absolute atomic E-state index is 10.8. The Hall–Kier alpha value is -0.380. The Kier molecular flexibility index (Phi) is 8.99. The molecule has 0 saturated heterocycles. The van der Waals surface area contributed by atoms with Crippen LogP contribution in [-0.4, -0.2) is 30.2 Å². The fourth-order valence-electron chi connectivity index (χ4n) is 9.05. The van der Waals surface area contributed by atoms with E-state index in [9.17, 15) is 5.11 Å². The molecule has 5 rings (SSSR count). The first-order valence-corrected chi connectivity index (χ1v) is 15.9. The van der Waals surface area contributed by atoms with Gasteiger partial charge in [-0.2, -0.15) is 0 Å². The second kappa shape index (κ2) is 11.2. The Morgan fingerprint density at radius 2 is 1.46 bits per heavy atom. The molecule has 4 unspecified atom stereocenters. The molecule has 1 N–H and O–H groups in total. The van der Waals surface area contributed by atoms with Gasteiger partial charge in [-0.1, -0.05) is 66.5 Å². The van der Waals surface area contributed by atoms with Gasteiger partial charge in [0.05, 0.1) is 18.8 Å². The quantitative estimate of drug-likeness (QED) is 0.196. The van der Waals surface area contributed by atoms with Crippen LogP contribution in [0.2, 0.25) is 0 Å². The highest BCUT2D eigenvalue weighted by Gasteiger charge is 2.58. The largest absolute Gasteiger partial charge is 0.376 e. The molecule has 0 spiro atoms. The smallest absolute Gasteiger partial charge is 0.178 e. The molecule has 0 radical (unpaired) electrons. The summed E-state index contributed by atoms with van der Waals surface area (Å²) in [5, 5.41) is 10.8. The molecule has 0 aromatic heterocycles. The van der Waals surface area contributed by atoms with E-state index in [0.717, 1.165) is 17.8 Å². The van der Waals surface area contributed by atoms with E-state index >= 15 is 0 Å². The van der Waals surface area contributed by atoms with E-state index in [1.807, 2.05) is 0 Å². The minimum absolute atomic E-state index is 0.249. The van der Waals surface area contributed by atoms with Crippen LogP contribution in [0, 0.1) is 51.8 Å². The standard InChI is InChI=1S/C34H60O3/c1-9-31(3,4)21-29(32(5,6)10-2)28-13-11-24(12-14-28)22-36-23-30(35)37-33(7,8)34-18-25-15-26(19-34)17-27(16-25)20-34/h11,13,24-30,35H,9-10,12,14-23H2,1-8H3. The lowest BCUT2D eigenvalue weighted by Gasteiger charge is -2.62. The summed E-state index contributed by atoms with van der Waals surface area (Å²) < 4.78 is 12.4. The van der Waals surface area contributed by atoms with Crippen LogP contribution in [0.15, 0.2) is 12.2 Å². The van der Waals surface area contributed by atoms with Crippen LogP contribution in [0.5, 0.6) is 0 Å². The molecule has 3 nitrogen and oxygen atoms in total. The van der Waals surface area contributed by atoms with Gasteiger partial charge in [0.2, 0.25) is 0 Å². The highest BCUT2D eigenvalue weighted by atomic mass is 16.6. The molecule has 37 heavy (non-hydrogen) atoms. The normalized spacial score (nSPS) is 35.6. The van der Waals surface area contributed by atoms with E-state index in [4.69, 9.17) is 9.47 Å². The Bertz CT molecular complexity index is 743. The molecule has 5 aliphatic carbocycles. The Morgan fingerprint density at radius 1 is 0.865 bits per heavy atom. The van der Waals surface area contributed by atoms with Crippen LogP contribution in [0.1, 0.15) is 126 Å². The first-order valence-electron chi connectivity index (χ1n) is 15.9. The highest BCUT2D eigenvalue weighted by Crippen LogP contribution is 2.64. The van der Waals surface area contributed by atoms with Crippen molar-refractivity contribution in [1.29, 1.82) is 0 Å². The van der Waals surface area contributed by atoms with Gasteiger partial charge in [-0.25, -0.2) is 0 Å². The number of hydrogen-bond acceptors (Lipinski definition) is 3. The average molecular weight is 517 g/mol. The van der Waals surface area contributed by atoms with E-state index < -0.39 is 6.29 Å². The molecule has 5 aliphatic rings. The summed E-state index contributed by atoms with van der Waals surface area (Å²) in [5.74, 6) is 4.49. The summed E-state index contributed by atoms with van der Waals surface area (Å²) in [6.07, 6.45) is 18.4. The van der Waals surface area contributed by atoms with E-state index in [2.05, 4.69) is 67.5 Å². The predicted octanol–water partition coefficient (Wildman–Crippen LogP) is 8.79. The molecule has 4 fully saturated rings. The molecule has 4 bridgehead atoms. The van der Waals surface area contributed by atoms with Crippen LogP contribution < -0.4 is 0 Å². The summed E-state index contributed by atoms with van der Waals surface area (Å²) in [6.45, 7) is 19.9. The fraction of sp³-hybridized carbons (Fsp3) is 0.941. The van der Waals surface area contributed by atoms with Gasteiger partial charge >= 0.3 is 0 Å². The predicted molar refractivity (Wildman–Crippen MR) is 154 cm³/mol. The van der Waals surface area contributed by atoms with E-state index in [-0.39, 0.29) is 17.6 Å². The average Bonchev–Trinajstić information content (AvgIpc) is 2.82. The SMILES string of the molecule is CCC(C)(C)CC(C1C=CC(COCC(O)OC(C)(C)C23CC4CC(CC(C4)C2)C3)CC1)C(C)(C)CC. The molecule has 0 amide bonds. The van der Waals surface area contributed by atoms with Gasteiger partial charge in [0.1, 0.15) is 0 Å². The highest BCUT2D eigenvalue weighted by molar-refractivity contribution is 5.08. The summed E-state index contributed by atoms with van der Waals surface area (Å²) in [6, 6.07) is 0. The minimum Gasteiger partial charge on any atom is -0.376 e. The Balaban J connectivity index is 1.25. The lowest BCUT2D eigenvalue weighted by molar-refractivity contribution is -0.261. The molecule has 0 aliphatic heterocycles. The van der Waals surface area contributed by atoms with E-state index in [1.165, 1.54) is 70.6 Å². The molecular formula is C34H60O3. The summed E-state index contributed by atoms with van der Waals surface area (Å²) >= 11 is 0. The van der Waals surface area contributed by atoms with Gasteiger partial charge in [-0.3, -0.25) is 0 Å². The van der Waals surface area contributed by atoms with Crippen LogP contribution in [0.4, 0.5) is 0 Å². The van der Waals surface area contributed by atoms with Crippen molar-refractivity contribution in [3.63, 3.8) is 0 Å². The van der Waals surface area contributed by atoms with E-state index in [0.29, 0.717) is 35.2 Å². The summed E-state index contributed by atoms with van der Waals surface area (Å²) in [4.78, 5) is 0. The Morgan fingerprint density at radius 3 is 1.95 bits per heavy atom.